The van der Waals surface area contributed by atoms with Crippen LogP contribution < -0.4 is 0 Å². The van der Waals surface area contributed by atoms with Gasteiger partial charge in [-0.15, -0.1) is 0 Å². The minimum atomic E-state index is 0.529. The molecule has 2 nitrogen and oxygen atoms in total. The first-order valence-corrected chi connectivity index (χ1v) is 6.22. The average Bonchev–Trinajstić information content (AvgIpc) is 2.31. The van der Waals surface area contributed by atoms with Gasteiger partial charge in [0.15, 0.2) is 0 Å². The summed E-state index contributed by atoms with van der Waals surface area (Å²) in [4.78, 5) is 2.55. The lowest BCUT2D eigenvalue weighted by atomic mass is 9.87. The van der Waals surface area contributed by atoms with Crippen molar-refractivity contribution in [3.63, 3.8) is 0 Å². The Morgan fingerprint density at radius 3 is 2.80 bits per heavy atom. The van der Waals surface area contributed by atoms with Crippen LogP contribution in [0.15, 0.2) is 11.6 Å². The van der Waals surface area contributed by atoms with Gasteiger partial charge < -0.3 is 4.90 Å². The third-order valence-electron chi connectivity index (χ3n) is 3.62. The maximum Gasteiger partial charge on any atom is 0.0947 e. The maximum absolute atomic E-state index is 9.05. The molecule has 1 heterocycles. The summed E-state index contributed by atoms with van der Waals surface area (Å²) in [6.45, 7) is 3.61. The second-order valence-corrected chi connectivity index (χ2v) is 4.76. The van der Waals surface area contributed by atoms with Crippen molar-refractivity contribution in [2.45, 2.75) is 38.5 Å². The summed E-state index contributed by atoms with van der Waals surface area (Å²) in [5.74, 6) is 0.529. The van der Waals surface area contributed by atoms with E-state index >= 15 is 0 Å². The Morgan fingerprint density at radius 2 is 2.07 bits per heavy atom. The van der Waals surface area contributed by atoms with E-state index in [1.54, 1.807) is 0 Å². The highest BCUT2D eigenvalue weighted by atomic mass is 15.1. The van der Waals surface area contributed by atoms with Crippen molar-refractivity contribution in [3.8, 4) is 6.07 Å². The summed E-state index contributed by atoms with van der Waals surface area (Å²) < 4.78 is 0. The Labute approximate surface area is 92.6 Å². The third-order valence-corrected chi connectivity index (χ3v) is 3.62. The lowest BCUT2D eigenvalue weighted by molar-refractivity contribution is 0.200. The van der Waals surface area contributed by atoms with Crippen LogP contribution in [0.5, 0.6) is 0 Å². The molecule has 0 saturated carbocycles. The van der Waals surface area contributed by atoms with Crippen molar-refractivity contribution in [1.82, 2.24) is 4.90 Å². The molecule has 0 N–H and O–H groups in total. The molecule has 1 fully saturated rings. The van der Waals surface area contributed by atoms with Gasteiger partial charge in [-0.1, -0.05) is 12.5 Å². The van der Waals surface area contributed by atoms with Gasteiger partial charge >= 0.3 is 0 Å². The Kier molecular flexibility index (Phi) is 3.80. The number of rotatable bonds is 2. The molecular weight excluding hydrogens is 184 g/mol. The van der Waals surface area contributed by atoms with Gasteiger partial charge in [-0.3, -0.25) is 0 Å². The second kappa shape index (κ2) is 5.32. The minimum absolute atomic E-state index is 0.529. The topological polar surface area (TPSA) is 27.0 Å². The Balaban J connectivity index is 1.89. The van der Waals surface area contributed by atoms with Crippen molar-refractivity contribution in [2.75, 3.05) is 19.6 Å². The molecule has 15 heavy (non-hydrogen) atoms. The molecule has 1 unspecified atom stereocenters. The van der Waals surface area contributed by atoms with Crippen LogP contribution in [0.2, 0.25) is 0 Å². The Hall–Kier alpha value is -0.810. The van der Waals surface area contributed by atoms with Gasteiger partial charge in [0.05, 0.1) is 6.07 Å². The molecule has 1 aliphatic carbocycles. The van der Waals surface area contributed by atoms with Gasteiger partial charge in [0, 0.05) is 18.0 Å². The molecule has 0 amide bonds. The summed E-state index contributed by atoms with van der Waals surface area (Å²) in [5, 5.41) is 9.05. The highest BCUT2D eigenvalue weighted by molar-refractivity contribution is 5.25. The van der Waals surface area contributed by atoms with Gasteiger partial charge in [-0.05, 0) is 45.2 Å². The molecule has 1 aliphatic heterocycles. The number of hydrogen-bond acceptors (Lipinski definition) is 2. The van der Waals surface area contributed by atoms with Crippen LogP contribution in [0, 0.1) is 17.2 Å². The number of nitriles is 1. The molecule has 0 bridgehead atoms. The van der Waals surface area contributed by atoms with Crippen LogP contribution in [-0.2, 0) is 0 Å². The molecule has 0 aromatic carbocycles. The predicted octanol–water partition coefficient (Wildman–Crippen LogP) is 2.72. The smallest absolute Gasteiger partial charge is 0.0947 e. The van der Waals surface area contributed by atoms with Gasteiger partial charge in [-0.2, -0.15) is 5.26 Å². The largest absolute Gasteiger partial charge is 0.303 e. The molecule has 2 heteroatoms. The fraction of sp³-hybridized carbons (Fsp3) is 0.769. The molecule has 1 saturated heterocycles. The van der Waals surface area contributed by atoms with E-state index in [-0.39, 0.29) is 0 Å². The van der Waals surface area contributed by atoms with Crippen LogP contribution in [0.3, 0.4) is 0 Å². The van der Waals surface area contributed by atoms with Crippen molar-refractivity contribution in [3.05, 3.63) is 11.6 Å². The van der Waals surface area contributed by atoms with Gasteiger partial charge in [-0.25, -0.2) is 0 Å². The zero-order chi connectivity index (χ0) is 10.5. The van der Waals surface area contributed by atoms with E-state index in [1.165, 1.54) is 45.2 Å². The Bertz CT molecular complexity index is 269. The molecule has 0 radical (unpaired) electrons. The fourth-order valence-corrected chi connectivity index (χ4v) is 2.72. The highest BCUT2D eigenvalue weighted by Gasteiger charge is 2.21. The maximum atomic E-state index is 9.05. The second-order valence-electron chi connectivity index (χ2n) is 4.76. The molecule has 0 aromatic rings. The zero-order valence-electron chi connectivity index (χ0n) is 9.41. The number of allylic oxidation sites excluding steroid dienone is 1. The van der Waals surface area contributed by atoms with E-state index in [2.05, 4.69) is 17.0 Å². The van der Waals surface area contributed by atoms with Crippen LogP contribution in [0.25, 0.3) is 0 Å². The first kappa shape index (κ1) is 10.7. The van der Waals surface area contributed by atoms with E-state index in [9.17, 15) is 0 Å². The molecule has 0 spiro atoms. The molecule has 1 atom stereocenters. The zero-order valence-corrected chi connectivity index (χ0v) is 9.41. The van der Waals surface area contributed by atoms with Gasteiger partial charge in [0.2, 0.25) is 0 Å². The summed E-state index contributed by atoms with van der Waals surface area (Å²) in [5.41, 5.74) is 1.05. The first-order valence-electron chi connectivity index (χ1n) is 6.22. The third kappa shape index (κ3) is 2.82. The SMILES string of the molecule is N#CC1=CCCCC1CN1CCCCC1. The normalized spacial score (nSPS) is 28.2. The van der Waals surface area contributed by atoms with Gasteiger partial charge in [0.1, 0.15) is 0 Å². The van der Waals surface area contributed by atoms with Crippen LogP contribution >= 0.6 is 0 Å². The molecule has 2 rings (SSSR count). The quantitative estimate of drug-likeness (QED) is 0.691. The lowest BCUT2D eigenvalue weighted by Crippen LogP contribution is -2.35. The highest BCUT2D eigenvalue weighted by Crippen LogP contribution is 2.26. The van der Waals surface area contributed by atoms with E-state index < -0.39 is 0 Å². The first-order chi connectivity index (χ1) is 7.40. The lowest BCUT2D eigenvalue weighted by Gasteiger charge is -2.31. The van der Waals surface area contributed by atoms with E-state index in [0.29, 0.717) is 5.92 Å². The van der Waals surface area contributed by atoms with E-state index in [1.807, 2.05) is 0 Å². The monoisotopic (exact) mass is 204 g/mol. The minimum Gasteiger partial charge on any atom is -0.303 e. The number of hydrogen-bond donors (Lipinski definition) is 0. The predicted molar refractivity (Wildman–Crippen MR) is 61.3 cm³/mol. The summed E-state index contributed by atoms with van der Waals surface area (Å²) in [6, 6.07) is 2.38. The van der Waals surface area contributed by atoms with Crippen molar-refractivity contribution in [2.24, 2.45) is 5.92 Å². The molecular formula is C13H20N2. The van der Waals surface area contributed by atoms with Crippen LogP contribution in [0.1, 0.15) is 38.5 Å². The van der Waals surface area contributed by atoms with Gasteiger partial charge in [0.25, 0.3) is 0 Å². The van der Waals surface area contributed by atoms with E-state index in [4.69, 9.17) is 5.26 Å². The van der Waals surface area contributed by atoms with Crippen LogP contribution in [0.4, 0.5) is 0 Å². The fourth-order valence-electron chi connectivity index (χ4n) is 2.72. The number of piperidine rings is 1. The summed E-state index contributed by atoms with van der Waals surface area (Å²) >= 11 is 0. The number of likely N-dealkylation sites (tertiary alicyclic amines) is 1. The molecule has 2 aliphatic rings. The van der Waals surface area contributed by atoms with Crippen molar-refractivity contribution in [1.29, 1.82) is 5.26 Å². The molecule has 82 valence electrons. The Morgan fingerprint density at radius 1 is 1.27 bits per heavy atom. The standard InChI is InChI=1S/C13H20N2/c14-10-12-6-2-3-7-13(12)11-15-8-4-1-5-9-15/h6,13H,1-5,7-9,11H2. The van der Waals surface area contributed by atoms with E-state index in [0.717, 1.165) is 18.5 Å². The number of nitrogens with zero attached hydrogens (tertiary/aromatic N) is 2. The summed E-state index contributed by atoms with van der Waals surface area (Å²) in [7, 11) is 0. The average molecular weight is 204 g/mol. The van der Waals surface area contributed by atoms with Crippen molar-refractivity contribution >= 4 is 0 Å². The molecule has 0 aromatic heterocycles. The summed E-state index contributed by atoms with van der Waals surface area (Å²) in [6.07, 6.45) is 9.83. The van der Waals surface area contributed by atoms with Crippen molar-refractivity contribution < 1.29 is 0 Å². The van der Waals surface area contributed by atoms with Crippen LogP contribution in [-0.4, -0.2) is 24.5 Å².